The Morgan fingerprint density at radius 2 is 1.94 bits per heavy atom. The SMILES string of the molecule is [N-]=[N+]=NCCOC(=O)C(N)CCCC(N)C(=O)O. The lowest BCUT2D eigenvalue weighted by Crippen LogP contribution is -2.34. The summed E-state index contributed by atoms with van der Waals surface area (Å²) in [6.07, 6.45) is 0.955. The van der Waals surface area contributed by atoms with Crippen molar-refractivity contribution in [2.75, 3.05) is 13.2 Å². The number of esters is 1. The highest BCUT2D eigenvalue weighted by atomic mass is 16.5. The van der Waals surface area contributed by atoms with Gasteiger partial charge in [0.2, 0.25) is 0 Å². The Morgan fingerprint density at radius 3 is 2.50 bits per heavy atom. The molecule has 2 atom stereocenters. The molecule has 0 rings (SSSR count). The molecular formula is C9H17N5O4. The summed E-state index contributed by atoms with van der Waals surface area (Å²) in [4.78, 5) is 24.2. The summed E-state index contributed by atoms with van der Waals surface area (Å²) < 4.78 is 4.73. The molecule has 18 heavy (non-hydrogen) atoms. The molecule has 0 saturated heterocycles. The van der Waals surface area contributed by atoms with Gasteiger partial charge >= 0.3 is 11.9 Å². The number of carbonyl (C=O) groups is 2. The van der Waals surface area contributed by atoms with E-state index in [-0.39, 0.29) is 19.6 Å². The van der Waals surface area contributed by atoms with Gasteiger partial charge in [-0.1, -0.05) is 5.11 Å². The molecule has 2 unspecified atom stereocenters. The van der Waals surface area contributed by atoms with Crippen molar-refractivity contribution in [2.24, 2.45) is 16.6 Å². The molecule has 5 N–H and O–H groups in total. The van der Waals surface area contributed by atoms with Crippen LogP contribution in [0.25, 0.3) is 10.4 Å². The second kappa shape index (κ2) is 9.23. The van der Waals surface area contributed by atoms with Crippen LogP contribution in [0.2, 0.25) is 0 Å². The van der Waals surface area contributed by atoms with Crippen LogP contribution in [0.4, 0.5) is 0 Å². The molecule has 0 aliphatic rings. The highest BCUT2D eigenvalue weighted by Gasteiger charge is 2.16. The molecule has 9 nitrogen and oxygen atoms in total. The van der Waals surface area contributed by atoms with Crippen molar-refractivity contribution in [1.29, 1.82) is 0 Å². The average molecular weight is 259 g/mol. The zero-order chi connectivity index (χ0) is 14.0. The van der Waals surface area contributed by atoms with Crippen molar-refractivity contribution < 1.29 is 19.4 Å². The number of nitrogens with zero attached hydrogens (tertiary/aromatic N) is 3. The number of hydrogen-bond donors (Lipinski definition) is 3. The van der Waals surface area contributed by atoms with E-state index in [0.717, 1.165) is 0 Å². The molecule has 0 fully saturated rings. The highest BCUT2D eigenvalue weighted by molar-refractivity contribution is 5.75. The third kappa shape index (κ3) is 7.44. The molecule has 0 spiro atoms. The van der Waals surface area contributed by atoms with E-state index in [2.05, 4.69) is 10.0 Å². The van der Waals surface area contributed by atoms with Crippen LogP contribution in [-0.2, 0) is 14.3 Å². The predicted octanol–water partition coefficient (Wildman–Crippen LogP) is -0.251. The van der Waals surface area contributed by atoms with Crippen LogP contribution in [0.5, 0.6) is 0 Å². The first-order valence-corrected chi connectivity index (χ1v) is 5.40. The second-order valence-electron chi connectivity index (χ2n) is 3.60. The first kappa shape index (κ1) is 16.2. The largest absolute Gasteiger partial charge is 0.480 e. The number of carboxylic acid groups (broad SMARTS) is 1. The third-order valence-electron chi connectivity index (χ3n) is 2.15. The first-order valence-electron chi connectivity index (χ1n) is 5.40. The standard InChI is InChI=1S/C9H17N5O4/c10-6(8(15)16)2-1-3-7(11)9(17)18-5-4-13-14-12/h6-7H,1-5,10-11H2,(H,15,16). The van der Waals surface area contributed by atoms with Gasteiger partial charge in [0, 0.05) is 4.91 Å². The fourth-order valence-electron chi connectivity index (χ4n) is 1.14. The van der Waals surface area contributed by atoms with Gasteiger partial charge in [-0.3, -0.25) is 9.59 Å². The van der Waals surface area contributed by atoms with Gasteiger partial charge in [-0.2, -0.15) is 0 Å². The Balaban J connectivity index is 3.74. The summed E-state index contributed by atoms with van der Waals surface area (Å²) in [5.41, 5.74) is 18.8. The number of ether oxygens (including phenoxy) is 1. The minimum Gasteiger partial charge on any atom is -0.480 e. The van der Waals surface area contributed by atoms with Gasteiger partial charge in [-0.15, -0.1) is 0 Å². The Kier molecular flexibility index (Phi) is 8.29. The maximum Gasteiger partial charge on any atom is 0.322 e. The van der Waals surface area contributed by atoms with Crippen molar-refractivity contribution >= 4 is 11.9 Å². The molecule has 0 aromatic heterocycles. The molecule has 0 bridgehead atoms. The lowest BCUT2D eigenvalue weighted by atomic mass is 10.1. The Hall–Kier alpha value is -1.83. The molecule has 0 aromatic carbocycles. The lowest BCUT2D eigenvalue weighted by Gasteiger charge is -2.11. The van der Waals surface area contributed by atoms with Crippen LogP contribution < -0.4 is 11.5 Å². The van der Waals surface area contributed by atoms with Gasteiger partial charge in [-0.25, -0.2) is 0 Å². The quantitative estimate of drug-likeness (QED) is 0.170. The van der Waals surface area contributed by atoms with Crippen LogP contribution >= 0.6 is 0 Å². The van der Waals surface area contributed by atoms with Crippen molar-refractivity contribution in [1.82, 2.24) is 0 Å². The van der Waals surface area contributed by atoms with Gasteiger partial charge in [0.1, 0.15) is 12.1 Å². The average Bonchev–Trinajstić information content (AvgIpc) is 2.33. The summed E-state index contributed by atoms with van der Waals surface area (Å²) >= 11 is 0. The van der Waals surface area contributed by atoms with E-state index in [1.54, 1.807) is 0 Å². The third-order valence-corrected chi connectivity index (χ3v) is 2.15. The van der Waals surface area contributed by atoms with E-state index in [0.29, 0.717) is 12.8 Å². The molecule has 0 aromatic rings. The van der Waals surface area contributed by atoms with Gasteiger partial charge in [0.15, 0.2) is 0 Å². The van der Waals surface area contributed by atoms with Gasteiger partial charge in [-0.05, 0) is 24.8 Å². The van der Waals surface area contributed by atoms with Crippen molar-refractivity contribution in [3.63, 3.8) is 0 Å². The number of azide groups is 1. The number of rotatable bonds is 9. The normalized spacial score (nSPS) is 13.2. The monoisotopic (exact) mass is 259 g/mol. The number of hydrogen-bond acceptors (Lipinski definition) is 6. The van der Waals surface area contributed by atoms with Crippen molar-refractivity contribution in [3.8, 4) is 0 Å². The van der Waals surface area contributed by atoms with E-state index in [4.69, 9.17) is 26.8 Å². The second-order valence-corrected chi connectivity index (χ2v) is 3.60. The van der Waals surface area contributed by atoms with Gasteiger partial charge in [0.25, 0.3) is 0 Å². The minimum atomic E-state index is -1.08. The fourth-order valence-corrected chi connectivity index (χ4v) is 1.14. The van der Waals surface area contributed by atoms with Crippen LogP contribution in [-0.4, -0.2) is 42.3 Å². The lowest BCUT2D eigenvalue weighted by molar-refractivity contribution is -0.145. The van der Waals surface area contributed by atoms with E-state index < -0.39 is 24.0 Å². The molecular weight excluding hydrogens is 242 g/mol. The molecule has 0 heterocycles. The van der Waals surface area contributed by atoms with Crippen LogP contribution in [0, 0.1) is 0 Å². The topological polar surface area (TPSA) is 164 Å². The Morgan fingerprint density at radius 1 is 1.33 bits per heavy atom. The van der Waals surface area contributed by atoms with Gasteiger partial charge < -0.3 is 21.3 Å². The Bertz CT molecular complexity index is 329. The maximum atomic E-state index is 11.3. The number of nitrogens with two attached hydrogens (primary N) is 2. The summed E-state index contributed by atoms with van der Waals surface area (Å²) in [6, 6.07) is -1.77. The van der Waals surface area contributed by atoms with Crippen LogP contribution in [0.3, 0.4) is 0 Å². The molecule has 0 radical (unpaired) electrons. The predicted molar refractivity (Wildman–Crippen MR) is 62.4 cm³/mol. The molecule has 0 aliphatic carbocycles. The Labute approximate surface area is 104 Å². The number of carbonyl (C=O) groups excluding carboxylic acids is 1. The molecule has 9 heteroatoms. The molecule has 0 aliphatic heterocycles. The fraction of sp³-hybridized carbons (Fsp3) is 0.778. The summed E-state index contributed by atoms with van der Waals surface area (Å²) in [5, 5.41) is 11.7. The minimum absolute atomic E-state index is 0.0226. The molecule has 0 saturated carbocycles. The van der Waals surface area contributed by atoms with Gasteiger partial charge in [0.05, 0.1) is 13.2 Å². The zero-order valence-corrected chi connectivity index (χ0v) is 9.86. The van der Waals surface area contributed by atoms with Crippen molar-refractivity contribution in [3.05, 3.63) is 10.4 Å². The van der Waals surface area contributed by atoms with E-state index in [1.165, 1.54) is 0 Å². The van der Waals surface area contributed by atoms with Crippen LogP contribution in [0.1, 0.15) is 19.3 Å². The summed E-state index contributed by atoms with van der Waals surface area (Å²) in [5.74, 6) is -1.69. The van der Waals surface area contributed by atoms with E-state index in [1.807, 2.05) is 0 Å². The summed E-state index contributed by atoms with van der Waals surface area (Å²) in [7, 11) is 0. The first-order chi connectivity index (χ1) is 8.49. The highest BCUT2D eigenvalue weighted by Crippen LogP contribution is 2.03. The smallest absolute Gasteiger partial charge is 0.322 e. The summed E-state index contributed by atoms with van der Waals surface area (Å²) in [6.45, 7) is 0.0318. The van der Waals surface area contributed by atoms with Crippen molar-refractivity contribution in [2.45, 2.75) is 31.3 Å². The number of carboxylic acids is 1. The zero-order valence-electron chi connectivity index (χ0n) is 9.86. The van der Waals surface area contributed by atoms with E-state index in [9.17, 15) is 9.59 Å². The van der Waals surface area contributed by atoms with Crippen LogP contribution in [0.15, 0.2) is 5.11 Å². The molecule has 102 valence electrons. The maximum absolute atomic E-state index is 11.3. The van der Waals surface area contributed by atoms with E-state index >= 15 is 0 Å². The molecule has 0 amide bonds. The number of aliphatic carboxylic acids is 1.